The second-order valence-electron chi connectivity index (χ2n) is 3.57. The molecule has 1 atom stereocenters. The SMILES string of the molecule is CC.CC(CN(C)C)c1ccccc1. The van der Waals surface area contributed by atoms with Crippen molar-refractivity contribution in [1.29, 1.82) is 0 Å². The van der Waals surface area contributed by atoms with Crippen LogP contribution in [0.5, 0.6) is 0 Å². The van der Waals surface area contributed by atoms with Gasteiger partial charge in [0, 0.05) is 6.54 Å². The zero-order chi connectivity index (χ0) is 11.0. The molecule has 1 heteroatoms. The maximum Gasteiger partial charge on any atom is 0.00415 e. The fourth-order valence-electron chi connectivity index (χ4n) is 1.43. The van der Waals surface area contributed by atoms with E-state index in [-0.39, 0.29) is 0 Å². The van der Waals surface area contributed by atoms with Gasteiger partial charge in [-0.25, -0.2) is 0 Å². The molecule has 1 unspecified atom stereocenters. The van der Waals surface area contributed by atoms with Crippen molar-refractivity contribution < 1.29 is 0 Å². The minimum Gasteiger partial charge on any atom is -0.309 e. The Labute approximate surface area is 88.8 Å². The Morgan fingerprint density at radius 1 is 1.07 bits per heavy atom. The monoisotopic (exact) mass is 193 g/mol. The second-order valence-corrected chi connectivity index (χ2v) is 3.57. The van der Waals surface area contributed by atoms with Gasteiger partial charge >= 0.3 is 0 Å². The molecule has 0 bridgehead atoms. The van der Waals surface area contributed by atoms with Gasteiger partial charge in [0.2, 0.25) is 0 Å². The molecule has 0 spiro atoms. The van der Waals surface area contributed by atoms with Crippen LogP contribution in [0.2, 0.25) is 0 Å². The van der Waals surface area contributed by atoms with Crippen LogP contribution in [0, 0.1) is 0 Å². The number of benzene rings is 1. The van der Waals surface area contributed by atoms with Crippen molar-refractivity contribution in [3.05, 3.63) is 35.9 Å². The van der Waals surface area contributed by atoms with Gasteiger partial charge < -0.3 is 4.90 Å². The van der Waals surface area contributed by atoms with E-state index in [2.05, 4.69) is 56.3 Å². The number of hydrogen-bond donors (Lipinski definition) is 0. The topological polar surface area (TPSA) is 3.24 Å². The third kappa shape index (κ3) is 5.03. The average Bonchev–Trinajstić information content (AvgIpc) is 2.21. The van der Waals surface area contributed by atoms with Gasteiger partial charge in [-0.2, -0.15) is 0 Å². The maximum atomic E-state index is 2.26. The van der Waals surface area contributed by atoms with Gasteiger partial charge in [0.15, 0.2) is 0 Å². The first-order valence-electron chi connectivity index (χ1n) is 5.40. The molecule has 14 heavy (non-hydrogen) atoms. The first kappa shape index (κ1) is 13.2. The van der Waals surface area contributed by atoms with Crippen molar-refractivity contribution in [2.75, 3.05) is 20.6 Å². The molecule has 0 aliphatic rings. The molecule has 1 aromatic rings. The predicted molar refractivity (Wildman–Crippen MR) is 64.8 cm³/mol. The summed E-state index contributed by atoms with van der Waals surface area (Å²) in [4.78, 5) is 2.22. The molecule has 0 saturated carbocycles. The zero-order valence-electron chi connectivity index (χ0n) is 10.1. The number of likely N-dealkylation sites (N-methyl/N-ethyl adjacent to an activating group) is 1. The van der Waals surface area contributed by atoms with Gasteiger partial charge in [-0.1, -0.05) is 51.1 Å². The first-order chi connectivity index (χ1) is 6.70. The van der Waals surface area contributed by atoms with Crippen LogP contribution in [0.15, 0.2) is 30.3 Å². The Hall–Kier alpha value is -0.820. The molecule has 0 radical (unpaired) electrons. The largest absolute Gasteiger partial charge is 0.309 e. The summed E-state index contributed by atoms with van der Waals surface area (Å²) in [6.45, 7) is 7.37. The number of hydrogen-bond acceptors (Lipinski definition) is 1. The van der Waals surface area contributed by atoms with E-state index in [9.17, 15) is 0 Å². The summed E-state index contributed by atoms with van der Waals surface area (Å²) in [5.41, 5.74) is 1.42. The Morgan fingerprint density at radius 3 is 2.00 bits per heavy atom. The van der Waals surface area contributed by atoms with Crippen molar-refractivity contribution in [3.63, 3.8) is 0 Å². The molecule has 0 aliphatic carbocycles. The summed E-state index contributed by atoms with van der Waals surface area (Å²) >= 11 is 0. The Balaban J connectivity index is 0.000000791. The molecular weight excluding hydrogens is 170 g/mol. The summed E-state index contributed by atoms with van der Waals surface area (Å²) in [6, 6.07) is 10.6. The number of rotatable bonds is 3. The Bertz CT molecular complexity index is 216. The smallest absolute Gasteiger partial charge is 0.00415 e. The predicted octanol–water partition coefficient (Wildman–Crippen LogP) is 3.38. The van der Waals surface area contributed by atoms with E-state index >= 15 is 0 Å². The third-order valence-electron chi connectivity index (χ3n) is 2.01. The van der Waals surface area contributed by atoms with Crippen molar-refractivity contribution in [3.8, 4) is 0 Å². The lowest BCUT2D eigenvalue weighted by Gasteiger charge is -2.16. The van der Waals surface area contributed by atoms with Crippen LogP contribution in [0.25, 0.3) is 0 Å². The molecule has 0 saturated heterocycles. The lowest BCUT2D eigenvalue weighted by atomic mass is 10.0. The van der Waals surface area contributed by atoms with Crippen LogP contribution < -0.4 is 0 Å². The van der Waals surface area contributed by atoms with Gasteiger partial charge in [0.25, 0.3) is 0 Å². The van der Waals surface area contributed by atoms with E-state index in [1.807, 2.05) is 13.8 Å². The van der Waals surface area contributed by atoms with Crippen molar-refractivity contribution in [1.82, 2.24) is 4.90 Å². The highest BCUT2D eigenvalue weighted by Gasteiger charge is 2.04. The normalized spacial score (nSPS) is 11.9. The van der Waals surface area contributed by atoms with E-state index < -0.39 is 0 Å². The van der Waals surface area contributed by atoms with E-state index in [0.717, 1.165) is 6.54 Å². The van der Waals surface area contributed by atoms with Crippen molar-refractivity contribution in [2.45, 2.75) is 26.7 Å². The zero-order valence-corrected chi connectivity index (χ0v) is 10.1. The quantitative estimate of drug-likeness (QED) is 0.711. The highest BCUT2D eigenvalue weighted by Crippen LogP contribution is 2.14. The lowest BCUT2D eigenvalue weighted by molar-refractivity contribution is 0.383. The van der Waals surface area contributed by atoms with Crippen LogP contribution in [0.1, 0.15) is 32.3 Å². The van der Waals surface area contributed by atoms with Crippen LogP contribution in [-0.2, 0) is 0 Å². The summed E-state index contributed by atoms with van der Waals surface area (Å²) < 4.78 is 0. The standard InChI is InChI=1S/C11H17N.C2H6/c1-10(9-12(2)3)11-7-5-4-6-8-11;1-2/h4-8,10H,9H2,1-3H3;1-2H3. The van der Waals surface area contributed by atoms with E-state index in [1.54, 1.807) is 0 Å². The molecule has 1 nitrogen and oxygen atoms in total. The molecule has 0 amide bonds. The molecule has 0 N–H and O–H groups in total. The van der Waals surface area contributed by atoms with Gasteiger partial charge in [0.1, 0.15) is 0 Å². The molecule has 1 aromatic carbocycles. The van der Waals surface area contributed by atoms with E-state index in [0.29, 0.717) is 5.92 Å². The van der Waals surface area contributed by atoms with Crippen LogP contribution in [0.3, 0.4) is 0 Å². The molecule has 1 rings (SSSR count). The molecule has 0 aliphatic heterocycles. The van der Waals surface area contributed by atoms with Gasteiger partial charge in [-0.15, -0.1) is 0 Å². The maximum absolute atomic E-state index is 2.26. The summed E-state index contributed by atoms with van der Waals surface area (Å²) in [5.74, 6) is 0.626. The van der Waals surface area contributed by atoms with Crippen molar-refractivity contribution >= 4 is 0 Å². The fraction of sp³-hybridized carbons (Fsp3) is 0.538. The van der Waals surface area contributed by atoms with Crippen LogP contribution in [0.4, 0.5) is 0 Å². The van der Waals surface area contributed by atoms with Gasteiger partial charge in [0.05, 0.1) is 0 Å². The first-order valence-corrected chi connectivity index (χ1v) is 5.40. The molecule has 0 heterocycles. The van der Waals surface area contributed by atoms with Gasteiger partial charge in [-0.3, -0.25) is 0 Å². The van der Waals surface area contributed by atoms with Crippen molar-refractivity contribution in [2.24, 2.45) is 0 Å². The number of nitrogens with zero attached hydrogens (tertiary/aromatic N) is 1. The highest BCUT2D eigenvalue weighted by atomic mass is 15.1. The summed E-state index contributed by atoms with van der Waals surface area (Å²) in [6.07, 6.45) is 0. The minimum absolute atomic E-state index is 0.626. The fourth-order valence-corrected chi connectivity index (χ4v) is 1.43. The second kappa shape index (κ2) is 7.57. The Kier molecular flexibility index (Phi) is 7.13. The average molecular weight is 193 g/mol. The molecule has 0 aromatic heterocycles. The van der Waals surface area contributed by atoms with E-state index in [1.165, 1.54) is 5.56 Å². The van der Waals surface area contributed by atoms with E-state index in [4.69, 9.17) is 0 Å². The minimum atomic E-state index is 0.626. The Morgan fingerprint density at radius 2 is 1.57 bits per heavy atom. The molecular formula is C13H23N. The van der Waals surface area contributed by atoms with Gasteiger partial charge in [-0.05, 0) is 25.6 Å². The van der Waals surface area contributed by atoms with Crippen LogP contribution in [-0.4, -0.2) is 25.5 Å². The molecule has 80 valence electrons. The molecule has 0 fully saturated rings. The summed E-state index contributed by atoms with van der Waals surface area (Å²) in [7, 11) is 4.22. The van der Waals surface area contributed by atoms with Crippen LogP contribution >= 0.6 is 0 Å². The summed E-state index contributed by atoms with van der Waals surface area (Å²) in [5, 5.41) is 0. The third-order valence-corrected chi connectivity index (χ3v) is 2.01. The lowest BCUT2D eigenvalue weighted by Crippen LogP contribution is -2.18. The highest BCUT2D eigenvalue weighted by molar-refractivity contribution is 5.18.